The van der Waals surface area contributed by atoms with E-state index in [1.807, 2.05) is 43.3 Å². The van der Waals surface area contributed by atoms with Crippen molar-refractivity contribution in [3.8, 4) is 11.3 Å². The Morgan fingerprint density at radius 3 is 2.46 bits per heavy atom. The molecule has 4 aromatic rings. The first-order valence-corrected chi connectivity index (χ1v) is 14.3. The van der Waals surface area contributed by atoms with Crippen molar-refractivity contribution in [1.29, 1.82) is 0 Å². The Morgan fingerprint density at radius 2 is 1.76 bits per heavy atom. The maximum atomic E-state index is 13.7. The number of aromatic nitrogens is 1. The molecule has 8 nitrogen and oxygen atoms in total. The Morgan fingerprint density at radius 1 is 1.00 bits per heavy atom. The van der Waals surface area contributed by atoms with Crippen LogP contribution in [0, 0.1) is 0 Å². The minimum absolute atomic E-state index is 0.216. The SMILES string of the molecule is CCCCOC(=O)c1ccc(-c2ccc(/C=c3\sc4n(c3=O)[C@H](c3ccccc3)C(C(=O)OCC)=C(C)N=4)o2)cc1. The lowest BCUT2D eigenvalue weighted by Crippen LogP contribution is -2.39. The van der Waals surface area contributed by atoms with Gasteiger partial charge in [0.2, 0.25) is 0 Å². The number of hydrogen-bond acceptors (Lipinski definition) is 8. The molecular weight excluding hydrogens is 540 g/mol. The topological polar surface area (TPSA) is 100 Å². The predicted molar refractivity (Wildman–Crippen MR) is 156 cm³/mol. The van der Waals surface area contributed by atoms with Gasteiger partial charge in [-0.05, 0) is 50.1 Å². The van der Waals surface area contributed by atoms with Crippen molar-refractivity contribution in [2.24, 2.45) is 4.99 Å². The van der Waals surface area contributed by atoms with Gasteiger partial charge in [0.15, 0.2) is 4.80 Å². The number of unbranched alkanes of at least 4 members (excludes halogenated alkanes) is 1. The third-order valence-electron chi connectivity index (χ3n) is 6.67. The van der Waals surface area contributed by atoms with E-state index in [4.69, 9.17) is 13.9 Å². The summed E-state index contributed by atoms with van der Waals surface area (Å²) in [7, 11) is 0. The average Bonchev–Trinajstić information content (AvgIpc) is 3.57. The average molecular weight is 571 g/mol. The highest BCUT2D eigenvalue weighted by Gasteiger charge is 2.33. The molecule has 1 aliphatic rings. The highest BCUT2D eigenvalue weighted by atomic mass is 32.1. The number of fused-ring (bicyclic) bond motifs is 1. The fraction of sp³-hybridized carbons (Fsp3) is 0.250. The number of hydrogen-bond donors (Lipinski definition) is 0. The van der Waals surface area contributed by atoms with Crippen LogP contribution in [0.5, 0.6) is 0 Å². The van der Waals surface area contributed by atoms with E-state index in [2.05, 4.69) is 4.99 Å². The number of ether oxygens (including phenoxy) is 2. The third-order valence-corrected chi connectivity index (χ3v) is 7.65. The summed E-state index contributed by atoms with van der Waals surface area (Å²) in [5.41, 5.74) is 2.63. The van der Waals surface area contributed by atoms with Crippen LogP contribution in [0.3, 0.4) is 0 Å². The minimum atomic E-state index is -0.659. The lowest BCUT2D eigenvalue weighted by molar-refractivity contribution is -0.139. The zero-order chi connectivity index (χ0) is 28.9. The molecule has 0 amide bonds. The monoisotopic (exact) mass is 570 g/mol. The van der Waals surface area contributed by atoms with Crippen LogP contribution in [0.2, 0.25) is 0 Å². The molecule has 5 rings (SSSR count). The molecule has 41 heavy (non-hydrogen) atoms. The highest BCUT2D eigenvalue weighted by molar-refractivity contribution is 7.07. The number of carbonyl (C=O) groups excluding carboxylic acids is 2. The van der Waals surface area contributed by atoms with Crippen molar-refractivity contribution in [1.82, 2.24) is 4.57 Å². The molecule has 2 aromatic carbocycles. The standard InChI is InChI=1S/C32H30N2O6S/c1-4-6-18-39-30(36)23-14-12-21(13-15-23)25-17-16-24(40-25)19-26-29(35)34-28(22-10-8-7-9-11-22)27(31(37)38-5-2)20(3)33-32(34)41-26/h7-17,19,28H,4-6,18H2,1-3H3/b26-19-/t28-/m1/s1. The second-order valence-corrected chi connectivity index (χ2v) is 10.5. The first-order valence-electron chi connectivity index (χ1n) is 13.5. The largest absolute Gasteiger partial charge is 0.463 e. The smallest absolute Gasteiger partial charge is 0.338 e. The van der Waals surface area contributed by atoms with Crippen LogP contribution < -0.4 is 14.9 Å². The van der Waals surface area contributed by atoms with E-state index in [0.29, 0.717) is 44.3 Å². The van der Waals surface area contributed by atoms with Crippen molar-refractivity contribution in [3.05, 3.63) is 115 Å². The lowest BCUT2D eigenvalue weighted by atomic mass is 9.96. The van der Waals surface area contributed by atoms with E-state index >= 15 is 0 Å². The quantitative estimate of drug-likeness (QED) is 0.207. The molecule has 1 aliphatic heterocycles. The van der Waals surface area contributed by atoms with Crippen molar-refractivity contribution in [2.45, 2.75) is 39.7 Å². The molecule has 0 spiro atoms. The summed E-state index contributed by atoms with van der Waals surface area (Å²) in [4.78, 5) is 44.0. The fourth-order valence-electron chi connectivity index (χ4n) is 4.62. The molecule has 0 saturated carbocycles. The van der Waals surface area contributed by atoms with Crippen LogP contribution in [-0.4, -0.2) is 29.7 Å². The van der Waals surface area contributed by atoms with Gasteiger partial charge >= 0.3 is 11.9 Å². The Labute approximate surface area is 240 Å². The summed E-state index contributed by atoms with van der Waals surface area (Å²) in [5, 5.41) is 0. The van der Waals surface area contributed by atoms with Crippen molar-refractivity contribution in [2.75, 3.05) is 13.2 Å². The molecule has 0 fully saturated rings. The molecular formula is C32H30N2O6S. The van der Waals surface area contributed by atoms with E-state index in [-0.39, 0.29) is 18.1 Å². The van der Waals surface area contributed by atoms with E-state index in [1.165, 1.54) is 11.3 Å². The molecule has 0 aliphatic carbocycles. The van der Waals surface area contributed by atoms with Gasteiger partial charge in [-0.1, -0.05) is 67.1 Å². The predicted octanol–water partition coefficient (Wildman–Crippen LogP) is 5.02. The first-order chi connectivity index (χ1) is 19.9. The van der Waals surface area contributed by atoms with E-state index in [1.54, 1.807) is 54.8 Å². The second-order valence-electron chi connectivity index (χ2n) is 9.48. The van der Waals surface area contributed by atoms with E-state index in [0.717, 1.165) is 24.0 Å². The van der Waals surface area contributed by atoms with Crippen molar-refractivity contribution < 1.29 is 23.5 Å². The number of nitrogens with zero attached hydrogens (tertiary/aromatic N) is 2. The Bertz CT molecular complexity index is 1780. The number of thiazole rings is 1. The van der Waals surface area contributed by atoms with E-state index in [9.17, 15) is 14.4 Å². The van der Waals surface area contributed by atoms with Gasteiger partial charge in [0.1, 0.15) is 11.5 Å². The highest BCUT2D eigenvalue weighted by Crippen LogP contribution is 2.30. The molecule has 0 N–H and O–H groups in total. The number of carbonyl (C=O) groups is 2. The number of furan rings is 1. The van der Waals surface area contributed by atoms with Gasteiger partial charge in [-0.3, -0.25) is 9.36 Å². The van der Waals surface area contributed by atoms with Crippen LogP contribution in [0.15, 0.2) is 92.2 Å². The molecule has 0 saturated heterocycles. The van der Waals surface area contributed by atoms with Gasteiger partial charge in [0, 0.05) is 11.6 Å². The van der Waals surface area contributed by atoms with Gasteiger partial charge in [-0.15, -0.1) is 0 Å². The van der Waals surface area contributed by atoms with Gasteiger partial charge in [0.05, 0.1) is 40.6 Å². The van der Waals surface area contributed by atoms with Crippen LogP contribution in [-0.2, 0) is 14.3 Å². The number of benzene rings is 2. The molecule has 210 valence electrons. The maximum Gasteiger partial charge on any atom is 0.338 e. The zero-order valence-electron chi connectivity index (χ0n) is 23.1. The first kappa shape index (κ1) is 28.0. The van der Waals surface area contributed by atoms with E-state index < -0.39 is 12.0 Å². The molecule has 9 heteroatoms. The fourth-order valence-corrected chi connectivity index (χ4v) is 5.65. The Hall–Kier alpha value is -4.50. The lowest BCUT2D eigenvalue weighted by Gasteiger charge is -2.24. The number of esters is 2. The van der Waals surface area contributed by atoms with Crippen molar-refractivity contribution in [3.63, 3.8) is 0 Å². The zero-order valence-corrected chi connectivity index (χ0v) is 23.9. The van der Waals surface area contributed by atoms with Crippen molar-refractivity contribution >= 4 is 29.4 Å². The summed E-state index contributed by atoms with van der Waals surface area (Å²) in [6.07, 6.45) is 3.46. The summed E-state index contributed by atoms with van der Waals surface area (Å²) in [6, 6.07) is 19.3. The van der Waals surface area contributed by atoms with Crippen LogP contribution >= 0.6 is 11.3 Å². The number of allylic oxidation sites excluding steroid dienone is 1. The normalized spacial score (nSPS) is 14.9. The molecule has 1 atom stereocenters. The van der Waals surface area contributed by atoms with Gasteiger partial charge in [0.25, 0.3) is 5.56 Å². The van der Waals surface area contributed by atoms with Gasteiger partial charge in [-0.2, -0.15) is 0 Å². The Kier molecular flexibility index (Phi) is 8.45. The summed E-state index contributed by atoms with van der Waals surface area (Å²) >= 11 is 1.23. The van der Waals surface area contributed by atoms with Gasteiger partial charge in [-0.25, -0.2) is 14.6 Å². The second kappa shape index (κ2) is 12.3. The molecule has 2 aromatic heterocycles. The molecule has 0 radical (unpaired) electrons. The maximum absolute atomic E-state index is 13.7. The summed E-state index contributed by atoms with van der Waals surface area (Å²) < 4.78 is 18.6. The molecule has 0 unspecified atom stereocenters. The van der Waals surface area contributed by atoms with Crippen LogP contribution in [0.25, 0.3) is 17.4 Å². The molecule has 3 heterocycles. The Balaban J connectivity index is 1.47. The van der Waals surface area contributed by atoms with Crippen LogP contribution in [0.1, 0.15) is 61.3 Å². The third kappa shape index (κ3) is 5.85. The summed E-state index contributed by atoms with van der Waals surface area (Å²) in [5.74, 6) is 0.243. The summed E-state index contributed by atoms with van der Waals surface area (Å²) in [6.45, 7) is 6.16. The molecule has 0 bridgehead atoms. The van der Waals surface area contributed by atoms with Crippen LogP contribution in [0.4, 0.5) is 0 Å². The minimum Gasteiger partial charge on any atom is -0.463 e. The van der Waals surface area contributed by atoms with Gasteiger partial charge < -0.3 is 13.9 Å². The number of rotatable bonds is 9.